The molecule has 1 aromatic rings. The highest BCUT2D eigenvalue weighted by molar-refractivity contribution is 7.81. The molecule has 4 nitrogen and oxygen atoms in total. The number of ether oxygens (including phenoxy) is 1. The summed E-state index contributed by atoms with van der Waals surface area (Å²) in [6.45, 7) is 2.05. The average Bonchev–Trinajstić information content (AvgIpc) is 2.60. The van der Waals surface area contributed by atoms with Gasteiger partial charge in [0.2, 0.25) is 0 Å². The molecule has 1 saturated heterocycles. The first kappa shape index (κ1) is 17.8. The molecule has 1 N–H and O–H groups in total. The summed E-state index contributed by atoms with van der Waals surface area (Å²) in [6, 6.07) is 7.54. The van der Waals surface area contributed by atoms with Crippen LogP contribution in [0, 0.1) is 0 Å². The molecule has 0 bridgehead atoms. The molecule has 2 rings (SSSR count). The van der Waals surface area contributed by atoms with Gasteiger partial charge in [-0.1, -0.05) is 36.0 Å². The fraction of sp³-hybridized carbons (Fsp3) is 0.412. The summed E-state index contributed by atoms with van der Waals surface area (Å²) in [6.07, 6.45) is 5.35. The molecule has 1 aromatic carbocycles. The molecule has 1 heterocycles. The lowest BCUT2D eigenvalue weighted by atomic mass is 10.0. The van der Waals surface area contributed by atoms with Crippen LogP contribution >= 0.6 is 23.8 Å². The Labute approximate surface area is 147 Å². The number of rotatable bonds is 5. The number of hydrogen-bond donors (Lipinski definition) is 1. The standard InChI is InChI=1S/C17H21ClN2O2S/c1-22-16(21)12-19-11-15(13-5-7-14(18)8-6-13)17(23)20-9-3-2-4-10-20/h5-8,11,19H,2-4,9-10,12H2,1H3/b15-11-. The molecule has 124 valence electrons. The van der Waals surface area contributed by atoms with Gasteiger partial charge in [-0.3, -0.25) is 4.79 Å². The molecule has 0 spiro atoms. The second-order valence-electron chi connectivity index (χ2n) is 5.37. The maximum Gasteiger partial charge on any atom is 0.325 e. The Morgan fingerprint density at radius 3 is 2.57 bits per heavy atom. The van der Waals surface area contributed by atoms with Gasteiger partial charge in [0.15, 0.2) is 0 Å². The normalized spacial score (nSPS) is 15.2. The lowest BCUT2D eigenvalue weighted by molar-refractivity contribution is -0.139. The van der Waals surface area contributed by atoms with Gasteiger partial charge in [-0.05, 0) is 37.0 Å². The summed E-state index contributed by atoms with van der Waals surface area (Å²) in [5, 5.41) is 3.67. The minimum Gasteiger partial charge on any atom is -0.468 e. The highest BCUT2D eigenvalue weighted by Crippen LogP contribution is 2.22. The van der Waals surface area contributed by atoms with Crippen molar-refractivity contribution in [3.8, 4) is 0 Å². The van der Waals surface area contributed by atoms with Crippen LogP contribution in [-0.4, -0.2) is 42.6 Å². The van der Waals surface area contributed by atoms with E-state index in [9.17, 15) is 4.79 Å². The Morgan fingerprint density at radius 2 is 1.96 bits per heavy atom. The Kier molecular flexibility index (Phi) is 6.86. The van der Waals surface area contributed by atoms with E-state index in [1.807, 2.05) is 24.3 Å². The summed E-state index contributed by atoms with van der Waals surface area (Å²) in [4.78, 5) is 14.3. The molecule has 0 atom stereocenters. The van der Waals surface area contributed by atoms with Crippen molar-refractivity contribution < 1.29 is 9.53 Å². The number of hydrogen-bond acceptors (Lipinski definition) is 4. The number of thiocarbonyl (C=S) groups is 1. The largest absolute Gasteiger partial charge is 0.468 e. The molecule has 1 aliphatic rings. The van der Waals surface area contributed by atoms with Gasteiger partial charge in [-0.2, -0.15) is 0 Å². The molecule has 0 radical (unpaired) electrons. The van der Waals surface area contributed by atoms with Crippen molar-refractivity contribution in [2.24, 2.45) is 0 Å². The van der Waals surface area contributed by atoms with Gasteiger partial charge in [0.05, 0.1) is 7.11 Å². The maximum absolute atomic E-state index is 11.3. The fourth-order valence-corrected chi connectivity index (χ4v) is 2.96. The van der Waals surface area contributed by atoms with Gasteiger partial charge in [-0.25, -0.2) is 0 Å². The van der Waals surface area contributed by atoms with Crippen LogP contribution < -0.4 is 5.32 Å². The third kappa shape index (κ3) is 5.22. The second-order valence-corrected chi connectivity index (χ2v) is 6.20. The lowest BCUT2D eigenvalue weighted by Gasteiger charge is -2.30. The number of benzene rings is 1. The van der Waals surface area contributed by atoms with Crippen molar-refractivity contribution in [1.82, 2.24) is 10.2 Å². The molecule has 0 unspecified atom stereocenters. The number of methoxy groups -OCH3 is 1. The van der Waals surface area contributed by atoms with Gasteiger partial charge < -0.3 is 15.0 Å². The monoisotopic (exact) mass is 352 g/mol. The topological polar surface area (TPSA) is 41.6 Å². The zero-order valence-corrected chi connectivity index (χ0v) is 14.8. The minimum atomic E-state index is -0.319. The van der Waals surface area contributed by atoms with Crippen LogP contribution in [0.25, 0.3) is 5.57 Å². The highest BCUT2D eigenvalue weighted by Gasteiger charge is 2.18. The molecule has 6 heteroatoms. The van der Waals surface area contributed by atoms with Gasteiger partial charge in [0.1, 0.15) is 11.5 Å². The number of piperidine rings is 1. The number of likely N-dealkylation sites (tertiary alicyclic amines) is 1. The molecule has 0 aromatic heterocycles. The van der Waals surface area contributed by atoms with E-state index < -0.39 is 0 Å². The average molecular weight is 353 g/mol. The van der Waals surface area contributed by atoms with Crippen molar-refractivity contribution >= 4 is 40.3 Å². The Morgan fingerprint density at radius 1 is 1.30 bits per heavy atom. The van der Waals surface area contributed by atoms with E-state index in [-0.39, 0.29) is 12.5 Å². The van der Waals surface area contributed by atoms with Crippen LogP contribution in [0.4, 0.5) is 0 Å². The Hall–Kier alpha value is -1.59. The summed E-state index contributed by atoms with van der Waals surface area (Å²) >= 11 is 11.7. The predicted octanol–water partition coefficient (Wildman–Crippen LogP) is 3.26. The third-order valence-corrected chi connectivity index (χ3v) is 4.48. The summed E-state index contributed by atoms with van der Waals surface area (Å²) in [5.41, 5.74) is 1.87. The number of nitrogens with zero attached hydrogens (tertiary/aromatic N) is 1. The van der Waals surface area contributed by atoms with E-state index in [1.165, 1.54) is 13.5 Å². The van der Waals surface area contributed by atoms with Gasteiger partial charge in [-0.15, -0.1) is 0 Å². The van der Waals surface area contributed by atoms with Crippen molar-refractivity contribution in [2.75, 3.05) is 26.7 Å². The van der Waals surface area contributed by atoms with E-state index in [1.54, 1.807) is 6.20 Å². The van der Waals surface area contributed by atoms with E-state index in [2.05, 4.69) is 15.0 Å². The number of esters is 1. The number of nitrogens with one attached hydrogen (secondary N) is 1. The number of carbonyl (C=O) groups excluding carboxylic acids is 1. The van der Waals surface area contributed by atoms with Crippen LogP contribution in [0.2, 0.25) is 5.02 Å². The summed E-state index contributed by atoms with van der Waals surface area (Å²) in [5.74, 6) is -0.319. The molecule has 1 aliphatic heterocycles. The van der Waals surface area contributed by atoms with Crippen molar-refractivity contribution in [3.05, 3.63) is 41.1 Å². The quantitative estimate of drug-likeness (QED) is 0.500. The first-order valence-corrected chi connectivity index (χ1v) is 8.46. The van der Waals surface area contributed by atoms with Crippen LogP contribution in [0.15, 0.2) is 30.5 Å². The van der Waals surface area contributed by atoms with E-state index in [4.69, 9.17) is 23.8 Å². The molecule has 0 aliphatic carbocycles. The third-order valence-electron chi connectivity index (χ3n) is 3.75. The molecular formula is C17H21ClN2O2S. The molecule has 0 saturated carbocycles. The number of carbonyl (C=O) groups is 1. The van der Waals surface area contributed by atoms with Gasteiger partial charge in [0, 0.05) is 29.9 Å². The van der Waals surface area contributed by atoms with Crippen LogP contribution in [0.1, 0.15) is 24.8 Å². The zero-order valence-electron chi connectivity index (χ0n) is 13.2. The first-order chi connectivity index (χ1) is 11.1. The fourth-order valence-electron chi connectivity index (χ4n) is 2.47. The van der Waals surface area contributed by atoms with Crippen LogP contribution in [0.5, 0.6) is 0 Å². The summed E-state index contributed by atoms with van der Waals surface area (Å²) < 4.78 is 4.64. The Balaban J connectivity index is 2.19. The van der Waals surface area contributed by atoms with E-state index in [0.717, 1.165) is 42.1 Å². The van der Waals surface area contributed by atoms with Crippen molar-refractivity contribution in [3.63, 3.8) is 0 Å². The zero-order chi connectivity index (χ0) is 16.7. The molecule has 23 heavy (non-hydrogen) atoms. The van der Waals surface area contributed by atoms with E-state index >= 15 is 0 Å². The smallest absolute Gasteiger partial charge is 0.325 e. The van der Waals surface area contributed by atoms with Gasteiger partial charge in [0.25, 0.3) is 0 Å². The molecular weight excluding hydrogens is 332 g/mol. The highest BCUT2D eigenvalue weighted by atomic mass is 35.5. The van der Waals surface area contributed by atoms with Crippen LogP contribution in [-0.2, 0) is 9.53 Å². The van der Waals surface area contributed by atoms with E-state index in [0.29, 0.717) is 5.02 Å². The van der Waals surface area contributed by atoms with Crippen molar-refractivity contribution in [1.29, 1.82) is 0 Å². The molecule has 0 amide bonds. The first-order valence-electron chi connectivity index (χ1n) is 7.67. The van der Waals surface area contributed by atoms with Crippen molar-refractivity contribution in [2.45, 2.75) is 19.3 Å². The Bertz CT molecular complexity index is 581. The number of halogens is 1. The SMILES string of the molecule is COC(=O)CN/C=C(\C(=S)N1CCCCC1)c1ccc(Cl)cc1. The minimum absolute atomic E-state index is 0.107. The van der Waals surface area contributed by atoms with Crippen LogP contribution in [0.3, 0.4) is 0 Å². The maximum atomic E-state index is 11.3. The second kappa shape index (κ2) is 8.89. The van der Waals surface area contributed by atoms with Gasteiger partial charge >= 0.3 is 5.97 Å². The lowest BCUT2D eigenvalue weighted by Crippen LogP contribution is -2.35. The molecule has 1 fully saturated rings. The summed E-state index contributed by atoms with van der Waals surface area (Å²) in [7, 11) is 1.37. The predicted molar refractivity (Wildman–Crippen MR) is 97.5 cm³/mol.